The first-order valence-corrected chi connectivity index (χ1v) is 5.21. The number of aliphatic hydroxyl groups excluding tert-OH is 1. The number of carbonyl (C=O) groups excluding carboxylic acids is 1. The first-order chi connectivity index (χ1) is 7.20. The summed E-state index contributed by atoms with van der Waals surface area (Å²) in [5.41, 5.74) is 0.202. The van der Waals surface area contributed by atoms with E-state index in [0.717, 1.165) is 0 Å². The number of rotatable bonds is 4. The molecule has 2 N–H and O–H groups in total. The van der Waals surface area contributed by atoms with Crippen molar-refractivity contribution in [2.75, 3.05) is 6.54 Å². The van der Waals surface area contributed by atoms with Gasteiger partial charge in [-0.3, -0.25) is 0 Å². The maximum atomic E-state index is 11.3. The number of hydrogen-bond acceptors (Lipinski definition) is 3. The van der Waals surface area contributed by atoms with E-state index in [-0.39, 0.29) is 0 Å². The Hall–Kier alpha value is -1.29. The van der Waals surface area contributed by atoms with Crippen LogP contribution in [0.2, 0.25) is 0 Å². The van der Waals surface area contributed by atoms with E-state index in [2.05, 4.69) is 11.9 Å². The van der Waals surface area contributed by atoms with Gasteiger partial charge < -0.3 is 15.2 Å². The molecule has 0 saturated carbocycles. The minimum atomic E-state index is -0.515. The van der Waals surface area contributed by atoms with E-state index in [4.69, 9.17) is 9.84 Å². The van der Waals surface area contributed by atoms with Crippen LogP contribution in [0.25, 0.3) is 0 Å². The molecule has 1 amide bonds. The summed E-state index contributed by atoms with van der Waals surface area (Å²) in [6, 6.07) is 0. The Labute approximate surface area is 97.0 Å². The molecule has 1 atom stereocenters. The monoisotopic (exact) mass is 227 g/mol. The van der Waals surface area contributed by atoms with Crippen LogP contribution in [0.5, 0.6) is 0 Å². The Balaban J connectivity index is 3.89. The highest BCUT2D eigenvalue weighted by atomic mass is 16.6. The molecule has 0 saturated heterocycles. The first-order valence-electron chi connectivity index (χ1n) is 5.21. The average Bonchev–Trinajstić information content (AvgIpc) is 2.08. The van der Waals surface area contributed by atoms with Crippen LogP contribution in [0.3, 0.4) is 0 Å². The summed E-state index contributed by atoms with van der Waals surface area (Å²) in [7, 11) is 0. The van der Waals surface area contributed by atoms with Gasteiger partial charge in [0.25, 0.3) is 0 Å². The first kappa shape index (κ1) is 14.7. The second-order valence-electron chi connectivity index (χ2n) is 4.61. The second-order valence-corrected chi connectivity index (χ2v) is 4.61. The lowest BCUT2D eigenvalue weighted by atomic mass is 10.2. The Kier molecular flexibility index (Phi) is 5.82. The molecule has 0 aliphatic rings. The topological polar surface area (TPSA) is 58.6 Å². The molecular weight excluding hydrogens is 206 g/mol. The van der Waals surface area contributed by atoms with Crippen molar-refractivity contribution in [2.45, 2.75) is 39.4 Å². The number of amides is 1. The van der Waals surface area contributed by atoms with Crippen LogP contribution in [-0.2, 0) is 4.74 Å². The van der Waals surface area contributed by atoms with Crippen molar-refractivity contribution in [3.05, 3.63) is 24.3 Å². The molecule has 4 heteroatoms. The third-order valence-corrected chi connectivity index (χ3v) is 1.47. The molecule has 0 radical (unpaired) electrons. The van der Waals surface area contributed by atoms with Gasteiger partial charge in [0.05, 0.1) is 6.10 Å². The quantitative estimate of drug-likeness (QED) is 0.722. The number of aliphatic hydroxyl groups is 1. The molecule has 1 unspecified atom stereocenters. The van der Waals surface area contributed by atoms with E-state index >= 15 is 0 Å². The van der Waals surface area contributed by atoms with Crippen molar-refractivity contribution >= 4 is 6.09 Å². The summed E-state index contributed by atoms with van der Waals surface area (Å²) >= 11 is 0. The molecule has 0 aromatic heterocycles. The Morgan fingerprint density at radius 2 is 2.12 bits per heavy atom. The van der Waals surface area contributed by atoms with Gasteiger partial charge in [0.2, 0.25) is 0 Å². The molecule has 4 nitrogen and oxygen atoms in total. The number of hydrogen-bond donors (Lipinski definition) is 2. The van der Waals surface area contributed by atoms with E-state index in [1.807, 2.05) is 0 Å². The van der Waals surface area contributed by atoms with Crippen molar-refractivity contribution in [1.29, 1.82) is 0 Å². The Morgan fingerprint density at radius 1 is 1.56 bits per heavy atom. The van der Waals surface area contributed by atoms with Crippen molar-refractivity contribution < 1.29 is 14.6 Å². The molecule has 0 bridgehead atoms. The molecule has 0 heterocycles. The van der Waals surface area contributed by atoms with Crippen molar-refractivity contribution in [1.82, 2.24) is 5.32 Å². The van der Waals surface area contributed by atoms with Gasteiger partial charge in [-0.15, -0.1) is 0 Å². The van der Waals surface area contributed by atoms with E-state index in [1.54, 1.807) is 39.8 Å². The van der Waals surface area contributed by atoms with E-state index in [9.17, 15) is 4.79 Å². The normalized spacial score (nSPS) is 13.6. The summed E-state index contributed by atoms with van der Waals surface area (Å²) < 4.78 is 5.05. The number of carbonyl (C=O) groups is 1. The van der Waals surface area contributed by atoms with Crippen LogP contribution < -0.4 is 5.32 Å². The van der Waals surface area contributed by atoms with Crippen LogP contribution in [0, 0.1) is 0 Å². The van der Waals surface area contributed by atoms with Crippen LogP contribution in [0.15, 0.2) is 24.3 Å². The van der Waals surface area contributed by atoms with Crippen LogP contribution in [0.4, 0.5) is 4.79 Å². The lowest BCUT2D eigenvalue weighted by Gasteiger charge is -2.19. The molecule has 0 aromatic carbocycles. The zero-order valence-corrected chi connectivity index (χ0v) is 10.4. The molecule has 92 valence electrons. The van der Waals surface area contributed by atoms with Gasteiger partial charge in [-0.05, 0) is 33.3 Å². The summed E-state index contributed by atoms with van der Waals surface area (Å²) in [6.07, 6.45) is 2.28. The van der Waals surface area contributed by atoms with Crippen molar-refractivity contribution in [3.63, 3.8) is 0 Å². The fourth-order valence-electron chi connectivity index (χ4n) is 0.834. The molecule has 0 fully saturated rings. The average molecular weight is 227 g/mol. The summed E-state index contributed by atoms with van der Waals surface area (Å²) in [4.78, 5) is 11.3. The predicted molar refractivity (Wildman–Crippen MR) is 64.2 cm³/mol. The molecule has 0 aromatic rings. The largest absolute Gasteiger partial charge is 0.444 e. The predicted octanol–water partition coefficient (Wildman–Crippen LogP) is 2.00. The maximum absolute atomic E-state index is 11.3. The highest BCUT2D eigenvalue weighted by molar-refractivity contribution is 5.68. The second kappa shape index (κ2) is 6.33. The lowest BCUT2D eigenvalue weighted by Crippen LogP contribution is -2.33. The Bertz CT molecular complexity index is 274. The molecule has 0 aliphatic heterocycles. The van der Waals surface area contributed by atoms with Gasteiger partial charge in [0.15, 0.2) is 0 Å². The zero-order chi connectivity index (χ0) is 12.8. The van der Waals surface area contributed by atoms with E-state index in [1.165, 1.54) is 0 Å². The zero-order valence-electron chi connectivity index (χ0n) is 10.4. The third-order valence-electron chi connectivity index (χ3n) is 1.47. The van der Waals surface area contributed by atoms with Gasteiger partial charge in [-0.25, -0.2) is 4.79 Å². The third kappa shape index (κ3) is 9.27. The van der Waals surface area contributed by atoms with Crippen molar-refractivity contribution in [2.24, 2.45) is 0 Å². The molecule has 0 spiro atoms. The van der Waals surface area contributed by atoms with Gasteiger partial charge in [-0.1, -0.05) is 18.7 Å². The van der Waals surface area contributed by atoms with Gasteiger partial charge in [0.1, 0.15) is 5.60 Å². The highest BCUT2D eigenvalue weighted by Gasteiger charge is 2.15. The smallest absolute Gasteiger partial charge is 0.407 e. The van der Waals surface area contributed by atoms with Gasteiger partial charge in [-0.2, -0.15) is 0 Å². The Morgan fingerprint density at radius 3 is 2.56 bits per heavy atom. The fraction of sp³-hybridized carbons (Fsp3) is 0.583. The van der Waals surface area contributed by atoms with E-state index < -0.39 is 17.8 Å². The molecular formula is C12H21NO3. The number of nitrogens with one attached hydrogen (secondary N) is 1. The van der Waals surface area contributed by atoms with Gasteiger partial charge >= 0.3 is 6.09 Å². The number of alkyl carbamates (subject to hydrolysis) is 1. The standard InChI is InChI=1S/C12H21NO3/c1-9(6-7-10(2)14)8-13-11(15)16-12(3,4)5/h6-7,10,14H,1,8H2,2-5H3,(H,13,15)/b7-6-. The highest BCUT2D eigenvalue weighted by Crippen LogP contribution is 2.06. The van der Waals surface area contributed by atoms with Crippen LogP contribution in [0.1, 0.15) is 27.7 Å². The maximum Gasteiger partial charge on any atom is 0.407 e. The number of ether oxygens (including phenoxy) is 1. The van der Waals surface area contributed by atoms with Crippen molar-refractivity contribution in [3.8, 4) is 0 Å². The van der Waals surface area contributed by atoms with Gasteiger partial charge in [0, 0.05) is 6.54 Å². The van der Waals surface area contributed by atoms with Crippen LogP contribution in [-0.4, -0.2) is 29.4 Å². The summed E-state index contributed by atoms with van der Waals surface area (Å²) in [5.74, 6) is 0. The summed E-state index contributed by atoms with van der Waals surface area (Å²) in [6.45, 7) is 11.1. The molecule has 16 heavy (non-hydrogen) atoms. The SMILES string of the molecule is C=C(/C=C\C(C)O)CNC(=O)OC(C)(C)C. The van der Waals surface area contributed by atoms with E-state index in [0.29, 0.717) is 12.1 Å². The van der Waals surface area contributed by atoms with Crippen LogP contribution >= 0.6 is 0 Å². The molecule has 0 aliphatic carbocycles. The minimum Gasteiger partial charge on any atom is -0.444 e. The molecule has 0 rings (SSSR count). The fourth-order valence-corrected chi connectivity index (χ4v) is 0.834. The summed E-state index contributed by atoms with van der Waals surface area (Å²) in [5, 5.41) is 11.6. The minimum absolute atomic E-state index is 0.304. The lowest BCUT2D eigenvalue weighted by molar-refractivity contribution is 0.0533.